The van der Waals surface area contributed by atoms with Gasteiger partial charge in [-0.15, -0.1) is 11.3 Å². The average Bonchev–Trinajstić information content (AvgIpc) is 2.64. The number of anilines is 1. The highest BCUT2D eigenvalue weighted by atomic mass is 35.5. The summed E-state index contributed by atoms with van der Waals surface area (Å²) in [4.78, 5) is 14.3. The van der Waals surface area contributed by atoms with Crippen LogP contribution in [0.1, 0.15) is 16.6 Å². The van der Waals surface area contributed by atoms with Gasteiger partial charge >= 0.3 is 0 Å². The van der Waals surface area contributed by atoms with E-state index in [4.69, 9.17) is 17.3 Å². The van der Waals surface area contributed by atoms with Gasteiger partial charge in [-0.25, -0.2) is 0 Å². The molecule has 5 heteroatoms. The van der Waals surface area contributed by atoms with E-state index >= 15 is 0 Å². The van der Waals surface area contributed by atoms with Gasteiger partial charge in [0.2, 0.25) is 0 Å². The van der Waals surface area contributed by atoms with Gasteiger partial charge in [0.05, 0.1) is 5.69 Å². The molecule has 17 heavy (non-hydrogen) atoms. The molecule has 1 aromatic carbocycles. The van der Waals surface area contributed by atoms with Gasteiger partial charge in [-0.2, -0.15) is 0 Å². The van der Waals surface area contributed by atoms with E-state index in [9.17, 15) is 4.79 Å². The summed E-state index contributed by atoms with van der Waals surface area (Å²) in [6.07, 6.45) is 0. The van der Waals surface area contributed by atoms with E-state index in [1.54, 1.807) is 18.0 Å². The van der Waals surface area contributed by atoms with E-state index in [0.29, 0.717) is 22.1 Å². The minimum atomic E-state index is -0.0395. The first-order valence-electron chi connectivity index (χ1n) is 5.27. The molecule has 0 radical (unpaired) electrons. The summed E-state index contributed by atoms with van der Waals surface area (Å²) in [7, 11) is 1.76. The normalized spacial score (nSPS) is 10.8. The predicted octanol–water partition coefficient (Wildman–Crippen LogP) is 3.23. The molecule has 0 saturated heterocycles. The number of thiophene rings is 1. The molecule has 0 atom stereocenters. The lowest BCUT2D eigenvalue weighted by atomic mass is 10.2. The predicted molar refractivity (Wildman–Crippen MR) is 73.9 cm³/mol. The van der Waals surface area contributed by atoms with Crippen molar-refractivity contribution in [3.63, 3.8) is 0 Å². The maximum atomic E-state index is 12.1. The highest BCUT2D eigenvalue weighted by Crippen LogP contribution is 2.35. The SMILES string of the molecule is CCN(C)C(=O)c1sc2cc(Cl)ccc2c1N. The number of benzene rings is 1. The van der Waals surface area contributed by atoms with Crippen molar-refractivity contribution in [2.45, 2.75) is 6.92 Å². The fourth-order valence-corrected chi connectivity index (χ4v) is 2.96. The molecule has 0 fully saturated rings. The topological polar surface area (TPSA) is 46.3 Å². The minimum Gasteiger partial charge on any atom is -0.397 e. The van der Waals surface area contributed by atoms with Gasteiger partial charge < -0.3 is 10.6 Å². The Morgan fingerprint density at radius 2 is 2.24 bits per heavy atom. The summed E-state index contributed by atoms with van der Waals surface area (Å²) in [5.74, 6) is -0.0395. The largest absolute Gasteiger partial charge is 0.397 e. The first-order chi connectivity index (χ1) is 8.04. The molecule has 0 aliphatic rings. The lowest BCUT2D eigenvalue weighted by Crippen LogP contribution is -2.25. The fourth-order valence-electron chi connectivity index (χ4n) is 1.57. The number of halogens is 1. The Morgan fingerprint density at radius 3 is 2.88 bits per heavy atom. The Labute approximate surface area is 109 Å². The molecule has 3 nitrogen and oxygen atoms in total. The molecule has 1 heterocycles. The maximum absolute atomic E-state index is 12.1. The van der Waals surface area contributed by atoms with Gasteiger partial charge in [0.1, 0.15) is 4.88 Å². The van der Waals surface area contributed by atoms with Crippen LogP contribution >= 0.6 is 22.9 Å². The first kappa shape index (κ1) is 12.2. The quantitative estimate of drug-likeness (QED) is 0.909. The number of fused-ring (bicyclic) bond motifs is 1. The molecule has 1 amide bonds. The second-order valence-corrected chi connectivity index (χ2v) is 5.29. The van der Waals surface area contributed by atoms with Crippen molar-refractivity contribution in [3.8, 4) is 0 Å². The third-order valence-electron chi connectivity index (χ3n) is 2.71. The summed E-state index contributed by atoms with van der Waals surface area (Å²) in [5, 5.41) is 1.55. The Morgan fingerprint density at radius 1 is 1.53 bits per heavy atom. The van der Waals surface area contributed by atoms with Crippen LogP contribution in [0.3, 0.4) is 0 Å². The lowest BCUT2D eigenvalue weighted by Gasteiger charge is -2.13. The van der Waals surface area contributed by atoms with Gasteiger partial charge in [0, 0.05) is 28.7 Å². The van der Waals surface area contributed by atoms with Crippen LogP contribution in [-0.2, 0) is 0 Å². The minimum absolute atomic E-state index is 0.0395. The van der Waals surface area contributed by atoms with Crippen molar-refractivity contribution < 1.29 is 4.79 Å². The Balaban J connectivity index is 2.56. The van der Waals surface area contributed by atoms with Crippen molar-refractivity contribution in [3.05, 3.63) is 28.1 Å². The number of amides is 1. The smallest absolute Gasteiger partial charge is 0.265 e. The molecular weight excluding hydrogens is 256 g/mol. The summed E-state index contributed by atoms with van der Waals surface area (Å²) < 4.78 is 0.947. The van der Waals surface area contributed by atoms with Crippen LogP contribution in [-0.4, -0.2) is 24.4 Å². The van der Waals surface area contributed by atoms with Crippen LogP contribution in [0.2, 0.25) is 5.02 Å². The Kier molecular flexibility index (Phi) is 3.26. The molecule has 1 aromatic heterocycles. The Hall–Kier alpha value is -1.26. The van der Waals surface area contributed by atoms with Gasteiger partial charge in [0.25, 0.3) is 5.91 Å². The summed E-state index contributed by atoms with van der Waals surface area (Å²) >= 11 is 7.31. The molecule has 0 aliphatic carbocycles. The van der Waals surface area contributed by atoms with Crippen molar-refractivity contribution in [2.24, 2.45) is 0 Å². The van der Waals surface area contributed by atoms with E-state index in [-0.39, 0.29) is 5.91 Å². The highest BCUT2D eigenvalue weighted by Gasteiger charge is 2.18. The number of hydrogen-bond donors (Lipinski definition) is 1. The molecule has 90 valence electrons. The van der Waals surface area contributed by atoms with Gasteiger partial charge in [0.15, 0.2) is 0 Å². The van der Waals surface area contributed by atoms with E-state index < -0.39 is 0 Å². The molecule has 0 spiro atoms. The van der Waals surface area contributed by atoms with Crippen LogP contribution in [0.5, 0.6) is 0 Å². The van der Waals surface area contributed by atoms with E-state index in [0.717, 1.165) is 10.1 Å². The maximum Gasteiger partial charge on any atom is 0.265 e. The lowest BCUT2D eigenvalue weighted by molar-refractivity contribution is 0.0808. The second-order valence-electron chi connectivity index (χ2n) is 3.80. The summed E-state index contributed by atoms with van der Waals surface area (Å²) in [6.45, 7) is 2.59. The first-order valence-corrected chi connectivity index (χ1v) is 6.47. The molecule has 2 N–H and O–H groups in total. The molecule has 0 saturated carbocycles. The van der Waals surface area contributed by atoms with Crippen molar-refractivity contribution >= 4 is 44.6 Å². The molecule has 2 rings (SSSR count). The molecular formula is C12H13ClN2OS. The third-order valence-corrected chi connectivity index (χ3v) is 4.10. The number of carbonyl (C=O) groups is 1. The second kappa shape index (κ2) is 4.55. The van der Waals surface area contributed by atoms with Crippen molar-refractivity contribution in [1.82, 2.24) is 4.90 Å². The van der Waals surface area contributed by atoms with Crippen LogP contribution in [0.25, 0.3) is 10.1 Å². The van der Waals surface area contributed by atoms with E-state index in [1.165, 1.54) is 11.3 Å². The highest BCUT2D eigenvalue weighted by molar-refractivity contribution is 7.21. The number of nitrogens with two attached hydrogens (primary N) is 1. The zero-order valence-corrected chi connectivity index (χ0v) is 11.2. The monoisotopic (exact) mass is 268 g/mol. The van der Waals surface area contributed by atoms with E-state index in [2.05, 4.69) is 0 Å². The van der Waals surface area contributed by atoms with Crippen LogP contribution in [0.15, 0.2) is 18.2 Å². The molecule has 0 bridgehead atoms. The zero-order valence-electron chi connectivity index (χ0n) is 9.66. The van der Waals surface area contributed by atoms with Crippen LogP contribution < -0.4 is 5.73 Å². The van der Waals surface area contributed by atoms with Gasteiger partial charge in [-0.3, -0.25) is 4.79 Å². The molecule has 2 aromatic rings. The Bertz CT molecular complexity index is 579. The number of nitrogens with zero attached hydrogens (tertiary/aromatic N) is 1. The van der Waals surface area contributed by atoms with E-state index in [1.807, 2.05) is 19.1 Å². The third kappa shape index (κ3) is 2.10. The van der Waals surface area contributed by atoms with Crippen LogP contribution in [0.4, 0.5) is 5.69 Å². The fraction of sp³-hybridized carbons (Fsp3) is 0.250. The number of carbonyl (C=O) groups excluding carboxylic acids is 1. The van der Waals surface area contributed by atoms with Gasteiger partial charge in [-0.1, -0.05) is 11.6 Å². The number of nitrogen functional groups attached to an aromatic ring is 1. The standard InChI is InChI=1S/C12H13ClN2OS/c1-3-15(2)12(16)11-10(14)8-5-4-7(13)6-9(8)17-11/h4-6H,3,14H2,1-2H3. The van der Waals surface area contributed by atoms with Crippen LogP contribution in [0, 0.1) is 0 Å². The zero-order chi connectivity index (χ0) is 12.6. The number of rotatable bonds is 2. The van der Waals surface area contributed by atoms with Crippen molar-refractivity contribution in [2.75, 3.05) is 19.3 Å². The average molecular weight is 269 g/mol. The van der Waals surface area contributed by atoms with Crippen molar-refractivity contribution in [1.29, 1.82) is 0 Å². The molecule has 0 unspecified atom stereocenters. The summed E-state index contributed by atoms with van der Waals surface area (Å²) in [5.41, 5.74) is 6.55. The summed E-state index contributed by atoms with van der Waals surface area (Å²) in [6, 6.07) is 5.47. The number of hydrogen-bond acceptors (Lipinski definition) is 3. The molecule has 0 aliphatic heterocycles. The van der Waals surface area contributed by atoms with Gasteiger partial charge in [-0.05, 0) is 25.1 Å².